The van der Waals surface area contributed by atoms with Gasteiger partial charge in [0.05, 0.1) is 5.69 Å². The van der Waals surface area contributed by atoms with Crippen molar-refractivity contribution in [2.75, 3.05) is 0 Å². The minimum Gasteiger partial charge on any atom is -0.232 e. The number of nitrogens with zero attached hydrogens (tertiary/aromatic N) is 2. The van der Waals surface area contributed by atoms with E-state index in [1.54, 1.807) is 0 Å². The Labute approximate surface area is 132 Å². The quantitative estimate of drug-likeness (QED) is 0.714. The maximum absolute atomic E-state index is 6.30. The zero-order valence-corrected chi connectivity index (χ0v) is 14.3. The zero-order valence-electron chi connectivity index (χ0n) is 13.5. The number of hydrogen-bond donors (Lipinski definition) is 0. The van der Waals surface area contributed by atoms with Crippen molar-refractivity contribution < 1.29 is 0 Å². The number of halogens is 1. The third kappa shape index (κ3) is 3.62. The van der Waals surface area contributed by atoms with E-state index in [2.05, 4.69) is 56.9 Å². The monoisotopic (exact) mass is 302 g/mol. The molecule has 0 aliphatic heterocycles. The normalized spacial score (nSPS) is 11.7. The number of aryl methyl sites for hydroxylation is 1. The minimum atomic E-state index is -0.117. The molecule has 0 fully saturated rings. The van der Waals surface area contributed by atoms with Crippen molar-refractivity contribution in [2.45, 2.75) is 52.9 Å². The molecule has 112 valence electrons. The maximum Gasteiger partial charge on any atom is 0.136 e. The van der Waals surface area contributed by atoms with Crippen LogP contribution in [0.25, 0.3) is 11.3 Å². The summed E-state index contributed by atoms with van der Waals surface area (Å²) in [5.74, 6) is 0.783. The van der Waals surface area contributed by atoms with E-state index in [1.807, 2.05) is 6.92 Å². The van der Waals surface area contributed by atoms with Crippen LogP contribution in [-0.4, -0.2) is 9.97 Å². The molecule has 2 aromatic rings. The molecule has 0 unspecified atom stereocenters. The van der Waals surface area contributed by atoms with E-state index >= 15 is 0 Å². The van der Waals surface area contributed by atoms with Crippen LogP contribution in [0.2, 0.25) is 5.15 Å². The molecule has 0 bridgehead atoms. The molecule has 1 aromatic carbocycles. The maximum atomic E-state index is 6.30. The second-order valence-corrected chi connectivity index (χ2v) is 6.87. The third-order valence-electron chi connectivity index (χ3n) is 3.52. The highest BCUT2D eigenvalue weighted by Crippen LogP contribution is 2.29. The highest BCUT2D eigenvalue weighted by molar-refractivity contribution is 6.30. The van der Waals surface area contributed by atoms with Crippen LogP contribution in [0.1, 0.15) is 51.1 Å². The lowest BCUT2D eigenvalue weighted by molar-refractivity contribution is 0.545. The molecule has 0 atom stereocenters. The van der Waals surface area contributed by atoms with Crippen LogP contribution in [0.3, 0.4) is 0 Å². The first kappa shape index (κ1) is 16.0. The van der Waals surface area contributed by atoms with E-state index in [0.29, 0.717) is 5.15 Å². The van der Waals surface area contributed by atoms with E-state index < -0.39 is 0 Å². The molecule has 0 radical (unpaired) electrons. The fourth-order valence-electron chi connectivity index (χ4n) is 2.22. The Morgan fingerprint density at radius 3 is 2.19 bits per heavy atom. The summed E-state index contributed by atoms with van der Waals surface area (Å²) in [6, 6.07) is 8.60. The molecular weight excluding hydrogens is 280 g/mol. The predicted molar refractivity (Wildman–Crippen MR) is 89.9 cm³/mol. The van der Waals surface area contributed by atoms with Crippen molar-refractivity contribution >= 4 is 11.6 Å². The average molecular weight is 303 g/mol. The van der Waals surface area contributed by atoms with Gasteiger partial charge in [0.25, 0.3) is 0 Å². The number of hydrogen-bond acceptors (Lipinski definition) is 2. The number of aromatic nitrogens is 2. The molecule has 0 aliphatic rings. The van der Waals surface area contributed by atoms with Crippen molar-refractivity contribution in [1.82, 2.24) is 9.97 Å². The molecular formula is C18H23ClN2. The molecule has 0 spiro atoms. The van der Waals surface area contributed by atoms with Gasteiger partial charge in [-0.2, -0.15) is 0 Å². The van der Waals surface area contributed by atoms with Gasteiger partial charge in [-0.3, -0.25) is 0 Å². The molecule has 0 saturated carbocycles. The molecule has 1 aromatic heterocycles. The molecule has 0 aliphatic carbocycles. The van der Waals surface area contributed by atoms with E-state index in [1.165, 1.54) is 5.56 Å². The van der Waals surface area contributed by atoms with Crippen LogP contribution in [0.4, 0.5) is 0 Å². The van der Waals surface area contributed by atoms with Gasteiger partial charge < -0.3 is 0 Å². The molecule has 3 heteroatoms. The fraction of sp³-hybridized carbons (Fsp3) is 0.444. The highest BCUT2D eigenvalue weighted by Gasteiger charge is 2.21. The topological polar surface area (TPSA) is 25.8 Å². The summed E-state index contributed by atoms with van der Waals surface area (Å²) in [5.41, 5.74) is 4.21. The van der Waals surface area contributed by atoms with Crippen LogP contribution in [-0.2, 0) is 11.8 Å². The molecule has 2 nitrogen and oxygen atoms in total. The van der Waals surface area contributed by atoms with Crippen molar-refractivity contribution in [3.63, 3.8) is 0 Å². The SMILES string of the molecule is CCCc1ccc(-c2nc(C(C)(C)C)nc(Cl)c2C)cc1. The van der Waals surface area contributed by atoms with Gasteiger partial charge in [-0.1, -0.05) is 70.0 Å². The summed E-state index contributed by atoms with van der Waals surface area (Å²) < 4.78 is 0. The second kappa shape index (κ2) is 6.15. The smallest absolute Gasteiger partial charge is 0.136 e. The van der Waals surface area contributed by atoms with Gasteiger partial charge >= 0.3 is 0 Å². The number of rotatable bonds is 3. The van der Waals surface area contributed by atoms with E-state index in [4.69, 9.17) is 16.6 Å². The van der Waals surface area contributed by atoms with Gasteiger partial charge in [0, 0.05) is 16.5 Å². The van der Waals surface area contributed by atoms with Gasteiger partial charge in [0.2, 0.25) is 0 Å². The van der Waals surface area contributed by atoms with Crippen LogP contribution < -0.4 is 0 Å². The lowest BCUT2D eigenvalue weighted by Gasteiger charge is -2.19. The Kier molecular flexibility index (Phi) is 4.67. The first-order valence-corrected chi connectivity index (χ1v) is 7.84. The molecule has 0 amide bonds. The minimum absolute atomic E-state index is 0.117. The molecule has 1 heterocycles. The van der Waals surface area contributed by atoms with Crippen molar-refractivity contribution in [2.24, 2.45) is 0 Å². The summed E-state index contributed by atoms with van der Waals surface area (Å²) >= 11 is 6.30. The summed E-state index contributed by atoms with van der Waals surface area (Å²) in [6.07, 6.45) is 2.27. The lowest BCUT2D eigenvalue weighted by Crippen LogP contribution is -2.17. The van der Waals surface area contributed by atoms with Gasteiger partial charge in [-0.25, -0.2) is 9.97 Å². The Hall–Kier alpha value is -1.41. The van der Waals surface area contributed by atoms with E-state index in [0.717, 1.165) is 35.5 Å². The Morgan fingerprint density at radius 2 is 1.67 bits per heavy atom. The van der Waals surface area contributed by atoms with E-state index in [-0.39, 0.29) is 5.41 Å². The van der Waals surface area contributed by atoms with Crippen LogP contribution in [0.15, 0.2) is 24.3 Å². The van der Waals surface area contributed by atoms with Crippen molar-refractivity contribution in [3.8, 4) is 11.3 Å². The largest absolute Gasteiger partial charge is 0.232 e. The first-order chi connectivity index (χ1) is 9.82. The Morgan fingerprint density at radius 1 is 1.05 bits per heavy atom. The third-order valence-corrected chi connectivity index (χ3v) is 3.89. The van der Waals surface area contributed by atoms with Gasteiger partial charge in [-0.15, -0.1) is 0 Å². The number of benzene rings is 1. The van der Waals surface area contributed by atoms with Crippen LogP contribution in [0.5, 0.6) is 0 Å². The van der Waals surface area contributed by atoms with Crippen LogP contribution in [0, 0.1) is 6.92 Å². The summed E-state index contributed by atoms with van der Waals surface area (Å²) in [4.78, 5) is 9.19. The Balaban J connectivity index is 2.49. The van der Waals surface area contributed by atoms with Crippen molar-refractivity contribution in [1.29, 1.82) is 0 Å². The van der Waals surface area contributed by atoms with Gasteiger partial charge in [0.1, 0.15) is 11.0 Å². The summed E-state index contributed by atoms with van der Waals surface area (Å²) in [6.45, 7) is 10.5. The van der Waals surface area contributed by atoms with Gasteiger partial charge in [0.15, 0.2) is 0 Å². The lowest BCUT2D eigenvalue weighted by atomic mass is 9.95. The Bertz CT molecular complexity index is 625. The average Bonchev–Trinajstić information content (AvgIpc) is 2.42. The standard InChI is InChI=1S/C18H23ClN2/c1-6-7-13-8-10-14(11-9-13)15-12(2)16(19)21-17(20-15)18(3,4)5/h8-11H,6-7H2,1-5H3. The summed E-state index contributed by atoms with van der Waals surface area (Å²) in [5, 5.41) is 0.544. The van der Waals surface area contributed by atoms with Gasteiger partial charge in [-0.05, 0) is 18.9 Å². The highest BCUT2D eigenvalue weighted by atomic mass is 35.5. The molecule has 0 N–H and O–H groups in total. The first-order valence-electron chi connectivity index (χ1n) is 7.47. The van der Waals surface area contributed by atoms with Crippen LogP contribution >= 0.6 is 11.6 Å². The summed E-state index contributed by atoms with van der Waals surface area (Å²) in [7, 11) is 0. The second-order valence-electron chi connectivity index (χ2n) is 6.51. The predicted octanol–water partition coefficient (Wildman–Crippen LogP) is 5.36. The molecule has 0 saturated heterocycles. The molecule has 2 rings (SSSR count). The zero-order chi connectivity index (χ0) is 15.6. The van der Waals surface area contributed by atoms with Crippen molar-refractivity contribution in [3.05, 3.63) is 46.4 Å². The van der Waals surface area contributed by atoms with E-state index in [9.17, 15) is 0 Å². The molecule has 21 heavy (non-hydrogen) atoms. The fourth-order valence-corrected chi connectivity index (χ4v) is 2.39.